The van der Waals surface area contributed by atoms with Crippen molar-refractivity contribution >= 4 is 49.7 Å². The lowest BCUT2D eigenvalue weighted by molar-refractivity contribution is -0.142. The molecule has 0 unspecified atom stereocenters. The Hall–Kier alpha value is -1.41. The number of esters is 1. The van der Waals surface area contributed by atoms with E-state index in [0.717, 1.165) is 0 Å². The second kappa shape index (κ2) is 8.14. The predicted molar refractivity (Wildman–Crippen MR) is 82.0 cm³/mol. The van der Waals surface area contributed by atoms with Crippen molar-refractivity contribution in [2.45, 2.75) is 18.9 Å². The van der Waals surface area contributed by atoms with Gasteiger partial charge in [-0.3, -0.25) is 9.59 Å². The summed E-state index contributed by atoms with van der Waals surface area (Å²) in [4.78, 5) is 34.3. The normalized spacial score (nSPS) is 11.6. The van der Waals surface area contributed by atoms with Gasteiger partial charge >= 0.3 is 11.9 Å². The van der Waals surface area contributed by atoms with E-state index in [9.17, 15) is 14.4 Å². The van der Waals surface area contributed by atoms with Crippen molar-refractivity contribution in [3.8, 4) is 0 Å². The van der Waals surface area contributed by atoms with Crippen LogP contribution in [-0.4, -0.2) is 36.1 Å². The van der Waals surface area contributed by atoms with Crippen LogP contribution in [0.2, 0.25) is 0 Å². The summed E-state index contributed by atoms with van der Waals surface area (Å²) in [5, 5.41) is 11.5. The first-order chi connectivity index (χ1) is 9.85. The number of methoxy groups -OCH3 is 1. The van der Waals surface area contributed by atoms with E-state index in [-0.39, 0.29) is 12.8 Å². The fraction of sp³-hybridized carbons (Fsp3) is 0.308. The van der Waals surface area contributed by atoms with Crippen LogP contribution in [0, 0.1) is 0 Å². The van der Waals surface area contributed by atoms with Gasteiger partial charge in [0.05, 0.1) is 12.7 Å². The largest absolute Gasteiger partial charge is 0.480 e. The molecule has 1 aromatic carbocycles. The summed E-state index contributed by atoms with van der Waals surface area (Å²) < 4.78 is 5.68. The molecule has 0 aliphatic carbocycles. The first kappa shape index (κ1) is 17.6. The molecule has 0 bridgehead atoms. The second-order valence-electron chi connectivity index (χ2n) is 4.10. The number of ether oxygens (including phenoxy) is 1. The summed E-state index contributed by atoms with van der Waals surface area (Å²) in [5.41, 5.74) is 0.300. The third-order valence-corrected chi connectivity index (χ3v) is 3.83. The maximum atomic E-state index is 12.1. The van der Waals surface area contributed by atoms with E-state index in [2.05, 4.69) is 41.9 Å². The first-order valence-corrected chi connectivity index (χ1v) is 7.49. The van der Waals surface area contributed by atoms with Crippen LogP contribution in [0.5, 0.6) is 0 Å². The molecule has 0 spiro atoms. The van der Waals surface area contributed by atoms with Gasteiger partial charge in [0.25, 0.3) is 5.91 Å². The molecule has 0 aromatic heterocycles. The summed E-state index contributed by atoms with van der Waals surface area (Å²) in [6.07, 6.45) is -0.132. The Bertz CT molecular complexity index is 561. The molecule has 0 aliphatic rings. The maximum Gasteiger partial charge on any atom is 0.326 e. The number of halogens is 2. The van der Waals surface area contributed by atoms with Crippen LogP contribution >= 0.6 is 31.9 Å². The van der Waals surface area contributed by atoms with Gasteiger partial charge in [0.15, 0.2) is 0 Å². The third kappa shape index (κ3) is 5.47. The molecule has 1 amide bonds. The highest BCUT2D eigenvalue weighted by atomic mass is 79.9. The zero-order valence-electron chi connectivity index (χ0n) is 11.1. The van der Waals surface area contributed by atoms with Crippen LogP contribution in [0.25, 0.3) is 0 Å². The summed E-state index contributed by atoms with van der Waals surface area (Å²) in [7, 11) is 1.22. The third-order valence-electron chi connectivity index (χ3n) is 2.64. The van der Waals surface area contributed by atoms with Crippen molar-refractivity contribution in [3.05, 3.63) is 32.7 Å². The molecule has 1 atom stereocenters. The molecule has 2 N–H and O–H groups in total. The van der Waals surface area contributed by atoms with E-state index in [1.165, 1.54) is 7.11 Å². The number of hydrogen-bond donors (Lipinski definition) is 2. The molecule has 0 saturated carbocycles. The highest BCUT2D eigenvalue weighted by molar-refractivity contribution is 9.11. The molecule has 6 nitrogen and oxygen atoms in total. The van der Waals surface area contributed by atoms with Crippen molar-refractivity contribution in [1.82, 2.24) is 5.32 Å². The van der Waals surface area contributed by atoms with Crippen molar-refractivity contribution in [2.75, 3.05) is 7.11 Å². The minimum absolute atomic E-state index is 0.0423. The summed E-state index contributed by atoms with van der Waals surface area (Å²) in [6, 6.07) is 3.82. The number of aliphatic carboxylic acids is 1. The predicted octanol–water partition coefficient (Wildman–Crippen LogP) is 2.35. The minimum atomic E-state index is -1.21. The summed E-state index contributed by atoms with van der Waals surface area (Å²) >= 11 is 6.47. The lowest BCUT2D eigenvalue weighted by Crippen LogP contribution is -2.41. The van der Waals surface area contributed by atoms with Crippen LogP contribution in [-0.2, 0) is 14.3 Å². The summed E-state index contributed by atoms with van der Waals surface area (Å²) in [6.45, 7) is 0. The highest BCUT2D eigenvalue weighted by Gasteiger charge is 2.22. The summed E-state index contributed by atoms with van der Waals surface area (Å²) in [5.74, 6) is -2.28. The Kier molecular flexibility index (Phi) is 6.83. The van der Waals surface area contributed by atoms with E-state index in [1.54, 1.807) is 18.2 Å². The van der Waals surface area contributed by atoms with E-state index < -0.39 is 23.9 Å². The Morgan fingerprint density at radius 1 is 1.33 bits per heavy atom. The number of nitrogens with one attached hydrogen (secondary N) is 1. The molecule has 0 fully saturated rings. The standard InChI is InChI=1S/C13H13Br2NO5/c1-21-11(17)5-4-10(13(19)20)16-12(18)8-6-7(14)2-3-9(8)15/h2-3,6,10H,4-5H2,1H3,(H,16,18)(H,19,20)/t10-/m1/s1. The van der Waals surface area contributed by atoms with Crippen LogP contribution in [0.1, 0.15) is 23.2 Å². The monoisotopic (exact) mass is 421 g/mol. The van der Waals surface area contributed by atoms with Crippen LogP contribution in [0.15, 0.2) is 27.1 Å². The Labute approximate surface area is 138 Å². The van der Waals surface area contributed by atoms with Crippen molar-refractivity contribution < 1.29 is 24.2 Å². The zero-order valence-corrected chi connectivity index (χ0v) is 14.2. The van der Waals surface area contributed by atoms with Gasteiger partial charge in [-0.15, -0.1) is 0 Å². The molecule has 21 heavy (non-hydrogen) atoms. The molecular formula is C13H13Br2NO5. The number of carbonyl (C=O) groups excluding carboxylic acids is 2. The van der Waals surface area contributed by atoms with Gasteiger partial charge in [-0.05, 0) is 40.5 Å². The minimum Gasteiger partial charge on any atom is -0.480 e. The van der Waals surface area contributed by atoms with E-state index in [0.29, 0.717) is 14.5 Å². The topological polar surface area (TPSA) is 92.7 Å². The average molecular weight is 423 g/mol. The van der Waals surface area contributed by atoms with Crippen LogP contribution in [0.4, 0.5) is 0 Å². The van der Waals surface area contributed by atoms with Gasteiger partial charge in [-0.1, -0.05) is 15.9 Å². The van der Waals surface area contributed by atoms with Gasteiger partial charge in [-0.2, -0.15) is 0 Å². The van der Waals surface area contributed by atoms with Gasteiger partial charge in [0.2, 0.25) is 0 Å². The Morgan fingerprint density at radius 2 is 2.00 bits per heavy atom. The Morgan fingerprint density at radius 3 is 2.57 bits per heavy atom. The molecule has 114 valence electrons. The van der Waals surface area contributed by atoms with Gasteiger partial charge in [-0.25, -0.2) is 4.79 Å². The molecule has 8 heteroatoms. The molecule has 1 aromatic rings. The maximum absolute atomic E-state index is 12.1. The second-order valence-corrected chi connectivity index (χ2v) is 5.87. The van der Waals surface area contributed by atoms with Crippen LogP contribution in [0.3, 0.4) is 0 Å². The molecule has 0 radical (unpaired) electrons. The molecular weight excluding hydrogens is 410 g/mol. The number of carboxylic acids is 1. The average Bonchev–Trinajstić information content (AvgIpc) is 2.44. The number of hydrogen-bond acceptors (Lipinski definition) is 4. The fourth-order valence-corrected chi connectivity index (χ4v) is 2.32. The molecule has 1 rings (SSSR count). The van der Waals surface area contributed by atoms with Crippen LogP contribution < -0.4 is 5.32 Å². The van der Waals surface area contributed by atoms with Crippen molar-refractivity contribution in [3.63, 3.8) is 0 Å². The molecule has 0 heterocycles. The van der Waals surface area contributed by atoms with Gasteiger partial charge in [0.1, 0.15) is 6.04 Å². The van der Waals surface area contributed by atoms with E-state index in [4.69, 9.17) is 5.11 Å². The number of rotatable bonds is 6. The van der Waals surface area contributed by atoms with Gasteiger partial charge < -0.3 is 15.2 Å². The van der Waals surface area contributed by atoms with Gasteiger partial charge in [0, 0.05) is 15.4 Å². The number of carboxylic acid groups (broad SMARTS) is 1. The lowest BCUT2D eigenvalue weighted by Gasteiger charge is -2.14. The zero-order chi connectivity index (χ0) is 16.0. The SMILES string of the molecule is COC(=O)CC[C@@H](NC(=O)c1cc(Br)ccc1Br)C(=O)O. The van der Waals surface area contributed by atoms with Crippen molar-refractivity contribution in [2.24, 2.45) is 0 Å². The van der Waals surface area contributed by atoms with E-state index >= 15 is 0 Å². The molecule has 0 aliphatic heterocycles. The lowest BCUT2D eigenvalue weighted by atomic mass is 10.1. The number of benzene rings is 1. The molecule has 0 saturated heterocycles. The Balaban J connectivity index is 2.79. The first-order valence-electron chi connectivity index (χ1n) is 5.90. The number of carbonyl (C=O) groups is 3. The smallest absolute Gasteiger partial charge is 0.326 e. The van der Waals surface area contributed by atoms with Crippen molar-refractivity contribution in [1.29, 1.82) is 0 Å². The number of amides is 1. The quantitative estimate of drug-likeness (QED) is 0.686. The van der Waals surface area contributed by atoms with E-state index in [1.807, 2.05) is 0 Å². The fourth-order valence-electron chi connectivity index (χ4n) is 1.53. The highest BCUT2D eigenvalue weighted by Crippen LogP contribution is 2.21.